The Morgan fingerprint density at radius 3 is 2.50 bits per heavy atom. The number of carbonyl (C=O) groups excluding carboxylic acids is 1. The van der Waals surface area contributed by atoms with Crippen molar-refractivity contribution in [3.05, 3.63) is 81.6 Å². The molecule has 0 fully saturated rings. The Morgan fingerprint density at radius 1 is 1.12 bits per heavy atom. The molecular formula is C21H22ClN3O. The number of para-hydroxylation sites is 1. The van der Waals surface area contributed by atoms with Crippen LogP contribution >= 0.6 is 11.6 Å². The molecule has 0 radical (unpaired) electrons. The lowest BCUT2D eigenvalue weighted by Gasteiger charge is -2.17. The molecule has 1 heterocycles. The van der Waals surface area contributed by atoms with Crippen LogP contribution in [0.4, 0.5) is 0 Å². The summed E-state index contributed by atoms with van der Waals surface area (Å²) in [7, 11) is 0. The molecule has 0 aliphatic rings. The summed E-state index contributed by atoms with van der Waals surface area (Å²) in [4.78, 5) is 12.9. The topological polar surface area (TPSA) is 46.9 Å². The summed E-state index contributed by atoms with van der Waals surface area (Å²) in [5, 5.41) is 7.81. The van der Waals surface area contributed by atoms with Crippen molar-refractivity contribution in [2.24, 2.45) is 0 Å². The van der Waals surface area contributed by atoms with E-state index < -0.39 is 0 Å². The van der Waals surface area contributed by atoms with Crippen molar-refractivity contribution in [1.29, 1.82) is 0 Å². The lowest BCUT2D eigenvalue weighted by Crippen LogP contribution is -2.27. The fourth-order valence-electron chi connectivity index (χ4n) is 3.07. The molecule has 5 heteroatoms. The van der Waals surface area contributed by atoms with Gasteiger partial charge in [0.25, 0.3) is 5.91 Å². The number of nitrogens with zero attached hydrogens (tertiary/aromatic N) is 2. The monoisotopic (exact) mass is 367 g/mol. The normalized spacial score (nSPS) is 12.0. The van der Waals surface area contributed by atoms with Gasteiger partial charge in [0.1, 0.15) is 5.15 Å². The molecule has 1 aromatic heterocycles. The molecule has 4 nitrogen and oxygen atoms in total. The van der Waals surface area contributed by atoms with E-state index in [9.17, 15) is 4.79 Å². The summed E-state index contributed by atoms with van der Waals surface area (Å²) in [6.07, 6.45) is 0. The molecule has 0 spiro atoms. The quantitative estimate of drug-likeness (QED) is 0.709. The number of carbonyl (C=O) groups is 1. The molecule has 1 amide bonds. The van der Waals surface area contributed by atoms with Gasteiger partial charge in [0.2, 0.25) is 0 Å². The summed E-state index contributed by atoms with van der Waals surface area (Å²) >= 11 is 6.48. The van der Waals surface area contributed by atoms with E-state index in [-0.39, 0.29) is 11.9 Å². The predicted molar refractivity (Wildman–Crippen MR) is 105 cm³/mol. The van der Waals surface area contributed by atoms with Crippen molar-refractivity contribution < 1.29 is 4.79 Å². The molecule has 3 aromatic rings. The van der Waals surface area contributed by atoms with Gasteiger partial charge in [-0.3, -0.25) is 4.79 Å². The average Bonchev–Trinajstić information content (AvgIpc) is 2.92. The van der Waals surface area contributed by atoms with Crippen LogP contribution in [-0.2, 0) is 0 Å². The van der Waals surface area contributed by atoms with E-state index in [4.69, 9.17) is 11.6 Å². The maximum atomic E-state index is 12.9. The van der Waals surface area contributed by atoms with Crippen LogP contribution in [0.5, 0.6) is 0 Å². The molecular weight excluding hydrogens is 346 g/mol. The summed E-state index contributed by atoms with van der Waals surface area (Å²) < 4.78 is 1.59. The van der Waals surface area contributed by atoms with Gasteiger partial charge in [0.05, 0.1) is 23.0 Å². The highest BCUT2D eigenvalue weighted by Gasteiger charge is 2.23. The van der Waals surface area contributed by atoms with Crippen molar-refractivity contribution >= 4 is 17.5 Å². The van der Waals surface area contributed by atoms with E-state index in [0.29, 0.717) is 16.4 Å². The fourth-order valence-corrected chi connectivity index (χ4v) is 3.43. The zero-order valence-electron chi connectivity index (χ0n) is 15.4. The third-order valence-corrected chi connectivity index (χ3v) is 4.83. The number of aromatic nitrogens is 2. The van der Waals surface area contributed by atoms with Gasteiger partial charge >= 0.3 is 0 Å². The van der Waals surface area contributed by atoms with Gasteiger partial charge in [-0.15, -0.1) is 0 Å². The summed E-state index contributed by atoms with van der Waals surface area (Å²) in [5.74, 6) is -0.219. The number of nitrogens with one attached hydrogen (secondary N) is 1. The van der Waals surface area contributed by atoms with Crippen molar-refractivity contribution in [1.82, 2.24) is 15.1 Å². The molecule has 0 aliphatic heterocycles. The third kappa shape index (κ3) is 3.51. The van der Waals surface area contributed by atoms with E-state index >= 15 is 0 Å². The zero-order chi connectivity index (χ0) is 18.8. The minimum atomic E-state index is -0.219. The van der Waals surface area contributed by atoms with Crippen molar-refractivity contribution in [3.63, 3.8) is 0 Å². The van der Waals surface area contributed by atoms with Crippen molar-refractivity contribution in [2.45, 2.75) is 33.7 Å². The molecule has 0 aliphatic carbocycles. The van der Waals surface area contributed by atoms with Crippen LogP contribution in [0, 0.1) is 20.8 Å². The standard InChI is InChI=1S/C21H22ClN3O/c1-13-10-11-14(2)18(12-13)15(3)23-21(26)19-16(4)24-25(20(19)22)17-8-6-5-7-9-17/h5-12,15H,1-4H3,(H,23,26). The highest BCUT2D eigenvalue weighted by Crippen LogP contribution is 2.25. The molecule has 1 unspecified atom stereocenters. The van der Waals surface area contributed by atoms with E-state index in [1.54, 1.807) is 11.6 Å². The Kier molecular flexibility index (Phi) is 5.14. The van der Waals surface area contributed by atoms with E-state index in [1.807, 2.05) is 51.1 Å². The van der Waals surface area contributed by atoms with Crippen LogP contribution in [0.25, 0.3) is 5.69 Å². The maximum absolute atomic E-state index is 12.9. The number of rotatable bonds is 4. The fraction of sp³-hybridized carbons (Fsp3) is 0.238. The number of hydrogen-bond acceptors (Lipinski definition) is 2. The molecule has 2 aromatic carbocycles. The highest BCUT2D eigenvalue weighted by molar-refractivity contribution is 6.33. The van der Waals surface area contributed by atoms with Gasteiger partial charge in [-0.1, -0.05) is 53.6 Å². The van der Waals surface area contributed by atoms with Crippen LogP contribution in [0.15, 0.2) is 48.5 Å². The van der Waals surface area contributed by atoms with E-state index in [1.165, 1.54) is 0 Å². The smallest absolute Gasteiger partial charge is 0.256 e. The number of amides is 1. The summed E-state index contributed by atoms with van der Waals surface area (Å²) in [6.45, 7) is 7.86. The molecule has 0 bridgehead atoms. The van der Waals surface area contributed by atoms with Gasteiger partial charge < -0.3 is 5.32 Å². The lowest BCUT2D eigenvalue weighted by molar-refractivity contribution is 0.0939. The van der Waals surface area contributed by atoms with Gasteiger partial charge in [0.15, 0.2) is 0 Å². The van der Waals surface area contributed by atoms with Crippen LogP contribution in [-0.4, -0.2) is 15.7 Å². The molecule has 26 heavy (non-hydrogen) atoms. The second-order valence-electron chi connectivity index (χ2n) is 6.55. The minimum Gasteiger partial charge on any atom is -0.345 e. The second-order valence-corrected chi connectivity index (χ2v) is 6.91. The first-order valence-electron chi connectivity index (χ1n) is 8.57. The Morgan fingerprint density at radius 2 is 1.81 bits per heavy atom. The molecule has 3 rings (SSSR count). The second kappa shape index (κ2) is 7.34. The summed E-state index contributed by atoms with van der Waals surface area (Å²) in [6, 6.07) is 15.7. The minimum absolute atomic E-state index is 0.127. The predicted octanol–water partition coefficient (Wildman–Crippen LogP) is 4.94. The van der Waals surface area contributed by atoms with E-state index in [2.05, 4.69) is 28.6 Å². The highest BCUT2D eigenvalue weighted by atomic mass is 35.5. The Labute approximate surface area is 158 Å². The lowest BCUT2D eigenvalue weighted by atomic mass is 10.00. The van der Waals surface area contributed by atoms with Gasteiger partial charge in [-0.05, 0) is 51.0 Å². The first-order chi connectivity index (χ1) is 12.4. The number of aryl methyl sites for hydroxylation is 3. The van der Waals surface area contributed by atoms with Crippen LogP contribution in [0.2, 0.25) is 5.15 Å². The molecule has 0 saturated heterocycles. The van der Waals surface area contributed by atoms with Crippen molar-refractivity contribution in [2.75, 3.05) is 0 Å². The number of benzene rings is 2. The Balaban J connectivity index is 1.89. The number of halogens is 1. The molecule has 134 valence electrons. The molecule has 1 N–H and O–H groups in total. The SMILES string of the molecule is Cc1ccc(C)c(C(C)NC(=O)c2c(C)nn(-c3ccccc3)c2Cl)c1. The molecule has 0 saturated carbocycles. The molecule has 1 atom stereocenters. The van der Waals surface area contributed by atoms with Crippen LogP contribution in [0.1, 0.15) is 45.7 Å². The van der Waals surface area contributed by atoms with Gasteiger partial charge in [0, 0.05) is 0 Å². The average molecular weight is 368 g/mol. The first kappa shape index (κ1) is 18.2. The Bertz CT molecular complexity index is 947. The Hall–Kier alpha value is -2.59. The first-order valence-corrected chi connectivity index (χ1v) is 8.95. The maximum Gasteiger partial charge on any atom is 0.256 e. The number of hydrogen-bond donors (Lipinski definition) is 1. The van der Waals surface area contributed by atoms with Gasteiger partial charge in [-0.2, -0.15) is 5.10 Å². The van der Waals surface area contributed by atoms with Crippen LogP contribution in [0.3, 0.4) is 0 Å². The van der Waals surface area contributed by atoms with E-state index in [0.717, 1.165) is 22.4 Å². The largest absolute Gasteiger partial charge is 0.345 e. The zero-order valence-corrected chi connectivity index (χ0v) is 16.1. The third-order valence-electron chi connectivity index (χ3n) is 4.48. The van der Waals surface area contributed by atoms with Crippen LogP contribution < -0.4 is 5.32 Å². The summed E-state index contributed by atoms with van der Waals surface area (Å²) in [5.41, 5.74) is 5.24. The van der Waals surface area contributed by atoms with Crippen molar-refractivity contribution in [3.8, 4) is 5.69 Å². The van der Waals surface area contributed by atoms with Gasteiger partial charge in [-0.25, -0.2) is 4.68 Å².